The Morgan fingerprint density at radius 1 is 0.917 bits per heavy atom. The largest absolute Gasteiger partial charge is 0.508 e. The molecule has 3 nitrogen and oxygen atoms in total. The summed E-state index contributed by atoms with van der Waals surface area (Å²) in [6, 6.07) is 11.3. The summed E-state index contributed by atoms with van der Waals surface area (Å²) in [4.78, 5) is 0. The summed E-state index contributed by atoms with van der Waals surface area (Å²) in [6.45, 7) is 3.76. The predicted molar refractivity (Wildman–Crippen MR) is 95.4 cm³/mol. The first-order valence-electron chi connectivity index (χ1n) is 8.11. The van der Waals surface area contributed by atoms with E-state index in [-0.39, 0.29) is 17.4 Å². The van der Waals surface area contributed by atoms with Crippen molar-refractivity contribution >= 4 is 0 Å². The summed E-state index contributed by atoms with van der Waals surface area (Å²) in [6.07, 6.45) is 5.99. The number of hydrogen-bond donors (Lipinski definition) is 3. The molecule has 0 amide bonds. The third kappa shape index (κ3) is 3.22. The summed E-state index contributed by atoms with van der Waals surface area (Å²) in [5.74, 6) is 0.554. The molecule has 0 saturated heterocycles. The van der Waals surface area contributed by atoms with E-state index in [4.69, 9.17) is 0 Å². The Labute approximate surface area is 142 Å². The van der Waals surface area contributed by atoms with Crippen LogP contribution < -0.4 is 0 Å². The first-order chi connectivity index (χ1) is 11.5. The Bertz CT molecular complexity index is 766. The highest BCUT2D eigenvalue weighted by Crippen LogP contribution is 2.37. The van der Waals surface area contributed by atoms with E-state index in [0.29, 0.717) is 6.42 Å². The van der Waals surface area contributed by atoms with Gasteiger partial charge in [-0.2, -0.15) is 0 Å². The van der Waals surface area contributed by atoms with Crippen LogP contribution in [0.15, 0.2) is 60.2 Å². The van der Waals surface area contributed by atoms with Gasteiger partial charge in [-0.25, -0.2) is 0 Å². The SMILES string of the molecule is Cc1cc(C(C2=CCC(O)C=C2)c2ccc(O)c(C)c2)ccc1O. The Kier molecular flexibility index (Phi) is 4.45. The van der Waals surface area contributed by atoms with Crippen LogP contribution in [0.2, 0.25) is 0 Å². The molecule has 0 aromatic heterocycles. The lowest BCUT2D eigenvalue weighted by atomic mass is 9.81. The quantitative estimate of drug-likeness (QED) is 0.797. The maximum absolute atomic E-state index is 9.83. The second-order valence-electron chi connectivity index (χ2n) is 6.39. The minimum absolute atomic E-state index is 0.00708. The van der Waals surface area contributed by atoms with Crippen LogP contribution in [0.25, 0.3) is 0 Å². The molecule has 0 radical (unpaired) electrons. The van der Waals surface area contributed by atoms with Crippen LogP contribution in [0.1, 0.15) is 34.6 Å². The highest BCUT2D eigenvalue weighted by molar-refractivity contribution is 5.51. The monoisotopic (exact) mass is 322 g/mol. The molecule has 24 heavy (non-hydrogen) atoms. The van der Waals surface area contributed by atoms with Crippen LogP contribution in [-0.4, -0.2) is 21.4 Å². The summed E-state index contributed by atoms with van der Waals surface area (Å²) < 4.78 is 0. The Hall–Kier alpha value is -2.52. The van der Waals surface area contributed by atoms with Crippen molar-refractivity contribution in [2.75, 3.05) is 0 Å². The number of allylic oxidation sites excluding steroid dienone is 2. The van der Waals surface area contributed by atoms with Crippen molar-refractivity contribution in [2.45, 2.75) is 32.3 Å². The van der Waals surface area contributed by atoms with E-state index in [1.807, 2.05) is 50.3 Å². The molecule has 0 spiro atoms. The Balaban J connectivity index is 2.11. The molecule has 2 aromatic carbocycles. The molecular formula is C21H22O3. The van der Waals surface area contributed by atoms with Gasteiger partial charge in [0, 0.05) is 5.92 Å². The van der Waals surface area contributed by atoms with E-state index in [0.717, 1.165) is 27.8 Å². The summed E-state index contributed by atoms with van der Waals surface area (Å²) >= 11 is 0. The molecule has 0 aliphatic heterocycles. The number of hydrogen-bond acceptors (Lipinski definition) is 3. The number of aromatic hydroxyl groups is 2. The highest BCUT2D eigenvalue weighted by atomic mass is 16.3. The van der Waals surface area contributed by atoms with Crippen LogP contribution in [0, 0.1) is 13.8 Å². The number of rotatable bonds is 3. The van der Waals surface area contributed by atoms with Crippen LogP contribution in [0.5, 0.6) is 11.5 Å². The van der Waals surface area contributed by atoms with Gasteiger partial charge in [-0.05, 0) is 60.2 Å². The zero-order valence-electron chi connectivity index (χ0n) is 13.9. The minimum atomic E-state index is -0.433. The van der Waals surface area contributed by atoms with Gasteiger partial charge in [-0.3, -0.25) is 0 Å². The van der Waals surface area contributed by atoms with Crippen molar-refractivity contribution in [3.05, 3.63) is 82.5 Å². The molecule has 2 aromatic rings. The van der Waals surface area contributed by atoms with Crippen LogP contribution in [0.4, 0.5) is 0 Å². The van der Waals surface area contributed by atoms with Gasteiger partial charge in [-0.1, -0.05) is 42.5 Å². The van der Waals surface area contributed by atoms with E-state index >= 15 is 0 Å². The van der Waals surface area contributed by atoms with Crippen molar-refractivity contribution in [2.24, 2.45) is 0 Å². The zero-order valence-corrected chi connectivity index (χ0v) is 13.9. The van der Waals surface area contributed by atoms with Gasteiger partial charge in [0.25, 0.3) is 0 Å². The van der Waals surface area contributed by atoms with Crippen LogP contribution in [-0.2, 0) is 0 Å². The van der Waals surface area contributed by atoms with Gasteiger partial charge in [0.15, 0.2) is 0 Å². The molecule has 1 aliphatic rings. The molecule has 3 N–H and O–H groups in total. The topological polar surface area (TPSA) is 60.7 Å². The molecule has 0 fully saturated rings. The molecule has 0 saturated carbocycles. The third-order valence-electron chi connectivity index (χ3n) is 4.55. The van der Waals surface area contributed by atoms with Crippen molar-refractivity contribution in [1.29, 1.82) is 0 Å². The van der Waals surface area contributed by atoms with Crippen molar-refractivity contribution in [3.8, 4) is 11.5 Å². The molecule has 1 unspecified atom stereocenters. The van der Waals surface area contributed by atoms with Gasteiger partial charge >= 0.3 is 0 Å². The fraction of sp³-hybridized carbons (Fsp3) is 0.238. The highest BCUT2D eigenvalue weighted by Gasteiger charge is 2.21. The molecule has 1 aliphatic carbocycles. The minimum Gasteiger partial charge on any atom is -0.508 e. The maximum atomic E-state index is 9.83. The first kappa shape index (κ1) is 16.3. The number of phenols is 2. The molecule has 124 valence electrons. The average molecular weight is 322 g/mol. The fourth-order valence-corrected chi connectivity index (χ4v) is 3.13. The fourth-order valence-electron chi connectivity index (χ4n) is 3.13. The van der Waals surface area contributed by atoms with Gasteiger partial charge in [-0.15, -0.1) is 0 Å². The maximum Gasteiger partial charge on any atom is 0.118 e. The number of phenolic OH excluding ortho intramolecular Hbond substituents is 2. The smallest absolute Gasteiger partial charge is 0.118 e. The van der Waals surface area contributed by atoms with E-state index in [1.165, 1.54) is 0 Å². The van der Waals surface area contributed by atoms with Crippen LogP contribution >= 0.6 is 0 Å². The molecular weight excluding hydrogens is 300 g/mol. The molecule has 1 atom stereocenters. The lowest BCUT2D eigenvalue weighted by Gasteiger charge is -2.23. The number of aryl methyl sites for hydroxylation is 2. The number of aliphatic hydroxyl groups is 1. The summed E-state index contributed by atoms with van der Waals surface area (Å²) in [7, 11) is 0. The third-order valence-corrected chi connectivity index (χ3v) is 4.55. The van der Waals surface area contributed by atoms with Crippen molar-refractivity contribution in [1.82, 2.24) is 0 Å². The summed E-state index contributed by atoms with van der Waals surface area (Å²) in [5, 5.41) is 29.4. The van der Waals surface area contributed by atoms with Crippen molar-refractivity contribution < 1.29 is 15.3 Å². The van der Waals surface area contributed by atoms with Gasteiger partial charge < -0.3 is 15.3 Å². The Morgan fingerprint density at radius 3 is 1.88 bits per heavy atom. The van der Waals surface area contributed by atoms with Gasteiger partial charge in [0.1, 0.15) is 11.5 Å². The predicted octanol–water partition coefficient (Wildman–Crippen LogP) is 4.09. The van der Waals surface area contributed by atoms with E-state index in [1.54, 1.807) is 12.1 Å². The van der Waals surface area contributed by atoms with Crippen LogP contribution in [0.3, 0.4) is 0 Å². The number of benzene rings is 2. The molecule has 3 heteroatoms. The lowest BCUT2D eigenvalue weighted by Crippen LogP contribution is -2.10. The second-order valence-corrected chi connectivity index (χ2v) is 6.39. The van der Waals surface area contributed by atoms with Gasteiger partial charge in [0.05, 0.1) is 6.10 Å². The molecule has 0 bridgehead atoms. The standard InChI is InChI=1S/C21H22O3/c1-13-11-16(5-9-19(13)23)21(15-3-7-18(22)8-4-15)17-6-10-20(24)14(2)12-17/h3-7,9-12,18,21-24H,8H2,1-2H3. The normalized spacial score (nSPS) is 17.2. The van der Waals surface area contributed by atoms with Crippen molar-refractivity contribution in [3.63, 3.8) is 0 Å². The second kappa shape index (κ2) is 6.54. The van der Waals surface area contributed by atoms with E-state index in [9.17, 15) is 15.3 Å². The summed E-state index contributed by atoms with van der Waals surface area (Å²) in [5.41, 5.74) is 4.91. The molecule has 3 rings (SSSR count). The first-order valence-corrected chi connectivity index (χ1v) is 8.11. The van der Waals surface area contributed by atoms with E-state index in [2.05, 4.69) is 6.08 Å². The average Bonchev–Trinajstić information content (AvgIpc) is 2.56. The zero-order chi connectivity index (χ0) is 17.3. The lowest BCUT2D eigenvalue weighted by molar-refractivity contribution is 0.225. The Morgan fingerprint density at radius 2 is 1.46 bits per heavy atom. The number of aliphatic hydroxyl groups excluding tert-OH is 1. The van der Waals surface area contributed by atoms with E-state index < -0.39 is 6.10 Å². The molecule has 0 heterocycles. The van der Waals surface area contributed by atoms with Gasteiger partial charge in [0.2, 0.25) is 0 Å².